The predicted octanol–water partition coefficient (Wildman–Crippen LogP) is 12.7. The minimum atomic E-state index is 0. The van der Waals surface area contributed by atoms with Gasteiger partial charge in [0.1, 0.15) is 0 Å². The van der Waals surface area contributed by atoms with Gasteiger partial charge in [-0.05, 0) is 33.4 Å². The van der Waals surface area contributed by atoms with Crippen molar-refractivity contribution in [3.8, 4) is 11.1 Å². The molecular formula is C38H52Y-2. The first-order valence-corrected chi connectivity index (χ1v) is 12.9. The second kappa shape index (κ2) is 28.5. The summed E-state index contributed by atoms with van der Waals surface area (Å²) >= 11 is 0. The normalized spacial score (nSPS) is 8.87. The van der Waals surface area contributed by atoms with E-state index in [4.69, 9.17) is 0 Å². The van der Waals surface area contributed by atoms with Crippen LogP contribution in [0.5, 0.6) is 0 Å². The molecule has 4 rings (SSSR count). The Morgan fingerprint density at radius 3 is 0.846 bits per heavy atom. The maximum Gasteiger partial charge on any atom is 0 e. The molecule has 1 heteroatoms. The molecule has 0 bridgehead atoms. The number of rotatable bonds is 5. The van der Waals surface area contributed by atoms with E-state index in [2.05, 4.69) is 135 Å². The van der Waals surface area contributed by atoms with Crippen LogP contribution in [-0.2, 0) is 32.7 Å². The largest absolute Gasteiger partial charge is 0.358 e. The molecular weight excluding hydrogens is 545 g/mol. The summed E-state index contributed by atoms with van der Waals surface area (Å²) in [5.74, 6) is 0. The van der Waals surface area contributed by atoms with Crippen molar-refractivity contribution in [1.29, 1.82) is 0 Å². The summed E-state index contributed by atoms with van der Waals surface area (Å²) in [6.45, 7) is 12.2. The van der Waals surface area contributed by atoms with Gasteiger partial charge in [0, 0.05) is 32.7 Å². The third kappa shape index (κ3) is 17.6. The molecule has 0 amide bonds. The summed E-state index contributed by atoms with van der Waals surface area (Å²) in [5, 5.41) is 0. The Labute approximate surface area is 268 Å². The van der Waals surface area contributed by atoms with Crippen LogP contribution in [-0.4, -0.2) is 0 Å². The molecule has 0 aromatic heterocycles. The Kier molecular flexibility index (Phi) is 31.8. The van der Waals surface area contributed by atoms with Crippen molar-refractivity contribution in [3.05, 3.63) is 146 Å². The molecule has 0 spiro atoms. The number of hydrogen-bond donors (Lipinski definition) is 0. The summed E-state index contributed by atoms with van der Waals surface area (Å²) in [4.78, 5) is 0. The van der Waals surface area contributed by atoms with E-state index >= 15 is 0 Å². The van der Waals surface area contributed by atoms with E-state index in [0.29, 0.717) is 0 Å². The Morgan fingerprint density at radius 2 is 0.615 bits per heavy atom. The Balaban J connectivity index is -0.000000512. The Morgan fingerprint density at radius 1 is 0.410 bits per heavy atom. The van der Waals surface area contributed by atoms with Crippen LogP contribution in [0.25, 0.3) is 35.4 Å². The van der Waals surface area contributed by atoms with Gasteiger partial charge in [-0.3, -0.25) is 0 Å². The zero-order chi connectivity index (χ0) is 25.7. The zero-order valence-corrected chi connectivity index (χ0v) is 27.8. The van der Waals surface area contributed by atoms with Crippen LogP contribution in [0.15, 0.2) is 109 Å². The average molecular weight is 598 g/mol. The van der Waals surface area contributed by atoms with E-state index in [0.717, 1.165) is 0 Å². The Bertz CT molecular complexity index is 984. The molecule has 1 radical (unpaired) electrons. The SMILES string of the molecule is C.C(=Cc1ccc(-c2ccc(C=Cc3ccccc3)cc2)cc1)c1ccccc1.CC.CC.CCC.[CH3-].[CH3-].[Y]. The molecule has 4 aromatic rings. The minimum Gasteiger partial charge on any atom is -0.358 e. The van der Waals surface area contributed by atoms with Crippen molar-refractivity contribution < 1.29 is 32.7 Å². The van der Waals surface area contributed by atoms with Gasteiger partial charge in [-0.1, -0.05) is 189 Å². The van der Waals surface area contributed by atoms with Crippen molar-refractivity contribution in [3.63, 3.8) is 0 Å². The van der Waals surface area contributed by atoms with E-state index in [-0.39, 0.29) is 55.0 Å². The van der Waals surface area contributed by atoms with Crippen molar-refractivity contribution >= 4 is 24.3 Å². The van der Waals surface area contributed by atoms with Gasteiger partial charge in [0.25, 0.3) is 0 Å². The van der Waals surface area contributed by atoms with Gasteiger partial charge < -0.3 is 14.9 Å². The van der Waals surface area contributed by atoms with Gasteiger partial charge in [0.15, 0.2) is 0 Å². The van der Waals surface area contributed by atoms with E-state index in [9.17, 15) is 0 Å². The fourth-order valence-electron chi connectivity index (χ4n) is 3.09. The molecule has 4 aromatic carbocycles. The average Bonchev–Trinajstić information content (AvgIpc) is 2.95. The summed E-state index contributed by atoms with van der Waals surface area (Å²) in [5.41, 5.74) is 7.30. The number of hydrogen-bond acceptors (Lipinski definition) is 0. The van der Waals surface area contributed by atoms with Crippen LogP contribution < -0.4 is 0 Å². The van der Waals surface area contributed by atoms with Crippen molar-refractivity contribution in [2.45, 2.75) is 55.4 Å². The molecule has 0 saturated carbocycles. The first-order chi connectivity index (χ1) is 17.3. The topological polar surface area (TPSA) is 0 Å². The molecule has 0 aliphatic rings. The molecule has 0 fully saturated rings. The van der Waals surface area contributed by atoms with Crippen LogP contribution >= 0.6 is 0 Å². The molecule has 0 aliphatic carbocycles. The smallest absolute Gasteiger partial charge is 0 e. The number of benzene rings is 4. The summed E-state index contributed by atoms with van der Waals surface area (Å²) in [6, 6.07) is 38.1. The minimum absolute atomic E-state index is 0. The second-order valence-corrected chi connectivity index (χ2v) is 7.44. The fraction of sp³-hybridized carbons (Fsp3) is 0.211. The molecule has 39 heavy (non-hydrogen) atoms. The van der Waals surface area contributed by atoms with Crippen LogP contribution in [0.2, 0.25) is 0 Å². The van der Waals surface area contributed by atoms with Gasteiger partial charge in [0.2, 0.25) is 0 Å². The predicted molar refractivity (Wildman–Crippen MR) is 181 cm³/mol. The standard InChI is InChI=1S/C28H22.C3H8.2C2H6.CH4.2CH3.Y/c1-3-7-23(8-4-1)11-13-25-15-19-27(20-16-25)28-21-17-26(18-22-28)14-12-24-9-5-2-6-10-24;1-3-2;2*1-2;;;;/h1-22H;3H2,1-2H3;2*1-2H3;1H4;2*1H3;/q;;;;;2*-1;. The van der Waals surface area contributed by atoms with Gasteiger partial charge in [0.05, 0.1) is 0 Å². The van der Waals surface area contributed by atoms with Crippen LogP contribution in [0.1, 0.15) is 77.6 Å². The first-order valence-electron chi connectivity index (χ1n) is 12.9. The Hall–Kier alpha value is -2.54. The maximum atomic E-state index is 2.18. The first kappa shape index (κ1) is 43.5. The van der Waals surface area contributed by atoms with Gasteiger partial charge in [-0.2, -0.15) is 0 Å². The quantitative estimate of drug-likeness (QED) is 0.159. The third-order valence-electron chi connectivity index (χ3n) is 4.69. The molecule has 0 unspecified atom stereocenters. The van der Waals surface area contributed by atoms with Crippen LogP contribution in [0.4, 0.5) is 0 Å². The van der Waals surface area contributed by atoms with Gasteiger partial charge >= 0.3 is 0 Å². The van der Waals surface area contributed by atoms with Crippen molar-refractivity contribution in [1.82, 2.24) is 0 Å². The van der Waals surface area contributed by atoms with E-state index in [1.807, 2.05) is 39.8 Å². The van der Waals surface area contributed by atoms with Crippen molar-refractivity contribution in [2.75, 3.05) is 0 Å². The summed E-state index contributed by atoms with van der Waals surface area (Å²) in [7, 11) is 0. The van der Waals surface area contributed by atoms with Crippen molar-refractivity contribution in [2.24, 2.45) is 0 Å². The molecule has 0 nitrogen and oxygen atoms in total. The summed E-state index contributed by atoms with van der Waals surface area (Å²) in [6.07, 6.45) is 9.83. The molecule has 209 valence electrons. The monoisotopic (exact) mass is 597 g/mol. The van der Waals surface area contributed by atoms with E-state index in [1.54, 1.807) is 0 Å². The zero-order valence-electron chi connectivity index (χ0n) is 25.0. The molecule has 0 saturated heterocycles. The fourth-order valence-corrected chi connectivity index (χ4v) is 3.09. The second-order valence-electron chi connectivity index (χ2n) is 7.44. The van der Waals surface area contributed by atoms with Gasteiger partial charge in [-0.25, -0.2) is 0 Å². The van der Waals surface area contributed by atoms with Crippen LogP contribution in [0.3, 0.4) is 0 Å². The molecule has 0 heterocycles. The van der Waals surface area contributed by atoms with Crippen LogP contribution in [0, 0.1) is 14.9 Å². The third-order valence-corrected chi connectivity index (χ3v) is 4.69. The van der Waals surface area contributed by atoms with E-state index < -0.39 is 0 Å². The van der Waals surface area contributed by atoms with Gasteiger partial charge in [-0.15, -0.1) is 0 Å². The van der Waals surface area contributed by atoms with E-state index in [1.165, 1.54) is 39.8 Å². The summed E-state index contributed by atoms with van der Waals surface area (Å²) < 4.78 is 0. The molecule has 0 aliphatic heterocycles. The molecule has 0 N–H and O–H groups in total. The maximum absolute atomic E-state index is 2.18. The molecule has 0 atom stereocenters.